The first-order valence-electron chi connectivity index (χ1n) is 9.56. The summed E-state index contributed by atoms with van der Waals surface area (Å²) in [6, 6.07) is 26.8. The van der Waals surface area contributed by atoms with Crippen molar-refractivity contribution in [2.24, 2.45) is 0 Å². The normalized spacial score (nSPS) is 10.6. The molecule has 0 aliphatic heterocycles. The first-order valence-corrected chi connectivity index (χ1v) is 9.56. The van der Waals surface area contributed by atoms with Gasteiger partial charge in [0, 0.05) is 16.9 Å². The summed E-state index contributed by atoms with van der Waals surface area (Å²) in [7, 11) is 0. The standard InChI is InChI=1S/C25H22N4/c1-17-4-10-20(11-5-17)24-28-23(16-26)25(27-21-12-6-18(2)7-13-21)29(24)22-14-8-19(3)9-15-22/h4-15,27H,1-3H3. The third kappa shape index (κ3) is 3.76. The van der Waals surface area contributed by atoms with Crippen molar-refractivity contribution in [3.8, 4) is 23.1 Å². The van der Waals surface area contributed by atoms with Crippen LogP contribution < -0.4 is 5.32 Å². The van der Waals surface area contributed by atoms with E-state index in [1.165, 1.54) is 16.7 Å². The van der Waals surface area contributed by atoms with Crippen LogP contribution in [0.2, 0.25) is 0 Å². The monoisotopic (exact) mass is 378 g/mol. The minimum Gasteiger partial charge on any atom is -0.339 e. The van der Waals surface area contributed by atoms with Crippen molar-refractivity contribution in [2.45, 2.75) is 20.8 Å². The zero-order chi connectivity index (χ0) is 20.4. The minimum absolute atomic E-state index is 0.363. The topological polar surface area (TPSA) is 53.6 Å². The van der Waals surface area contributed by atoms with E-state index in [1.807, 2.05) is 41.0 Å². The lowest BCUT2D eigenvalue weighted by atomic mass is 10.1. The largest absolute Gasteiger partial charge is 0.339 e. The molecule has 0 saturated carbocycles. The van der Waals surface area contributed by atoms with Crippen LogP contribution in [0.3, 0.4) is 0 Å². The lowest BCUT2D eigenvalue weighted by Gasteiger charge is -2.14. The number of aryl methyl sites for hydroxylation is 3. The molecule has 3 aromatic carbocycles. The van der Waals surface area contributed by atoms with Gasteiger partial charge in [0.2, 0.25) is 0 Å². The van der Waals surface area contributed by atoms with Gasteiger partial charge in [-0.2, -0.15) is 5.26 Å². The summed E-state index contributed by atoms with van der Waals surface area (Å²) in [4.78, 5) is 4.68. The zero-order valence-corrected chi connectivity index (χ0v) is 16.8. The lowest BCUT2D eigenvalue weighted by molar-refractivity contribution is 1.07. The fourth-order valence-corrected chi connectivity index (χ4v) is 3.23. The maximum Gasteiger partial charge on any atom is 0.184 e. The second-order valence-corrected chi connectivity index (χ2v) is 7.27. The van der Waals surface area contributed by atoms with E-state index in [2.05, 4.69) is 73.5 Å². The molecule has 0 radical (unpaired) electrons. The van der Waals surface area contributed by atoms with Crippen LogP contribution in [-0.2, 0) is 0 Å². The molecular weight excluding hydrogens is 356 g/mol. The van der Waals surface area contributed by atoms with Gasteiger partial charge in [0.05, 0.1) is 0 Å². The van der Waals surface area contributed by atoms with Crippen LogP contribution in [0.5, 0.6) is 0 Å². The van der Waals surface area contributed by atoms with Crippen LogP contribution in [-0.4, -0.2) is 9.55 Å². The van der Waals surface area contributed by atoms with E-state index < -0.39 is 0 Å². The fourth-order valence-electron chi connectivity index (χ4n) is 3.23. The molecule has 29 heavy (non-hydrogen) atoms. The number of aromatic nitrogens is 2. The average molecular weight is 378 g/mol. The van der Waals surface area contributed by atoms with Crippen molar-refractivity contribution in [3.63, 3.8) is 0 Å². The van der Waals surface area contributed by atoms with Crippen LogP contribution in [0.25, 0.3) is 17.1 Å². The van der Waals surface area contributed by atoms with Crippen molar-refractivity contribution in [1.82, 2.24) is 9.55 Å². The highest BCUT2D eigenvalue weighted by Crippen LogP contribution is 2.32. The number of rotatable bonds is 4. The molecule has 0 unspecified atom stereocenters. The second-order valence-electron chi connectivity index (χ2n) is 7.27. The molecule has 0 saturated heterocycles. The van der Waals surface area contributed by atoms with Gasteiger partial charge in [-0.1, -0.05) is 65.2 Å². The number of hydrogen-bond acceptors (Lipinski definition) is 3. The van der Waals surface area contributed by atoms with E-state index in [1.54, 1.807) is 0 Å². The van der Waals surface area contributed by atoms with Gasteiger partial charge in [-0.3, -0.25) is 4.57 Å². The van der Waals surface area contributed by atoms with Gasteiger partial charge in [0.25, 0.3) is 0 Å². The second kappa shape index (κ2) is 7.65. The van der Waals surface area contributed by atoms with Crippen LogP contribution in [0.1, 0.15) is 22.4 Å². The molecule has 0 bridgehead atoms. The number of hydrogen-bond donors (Lipinski definition) is 1. The smallest absolute Gasteiger partial charge is 0.184 e. The average Bonchev–Trinajstić information content (AvgIpc) is 3.09. The summed E-state index contributed by atoms with van der Waals surface area (Å²) >= 11 is 0. The molecule has 0 spiro atoms. The first-order chi connectivity index (χ1) is 14.0. The molecule has 4 heteroatoms. The Kier molecular flexibility index (Phi) is 4.88. The van der Waals surface area contributed by atoms with E-state index in [-0.39, 0.29) is 0 Å². The highest BCUT2D eigenvalue weighted by molar-refractivity contribution is 5.72. The van der Waals surface area contributed by atoms with Gasteiger partial charge in [-0.05, 0) is 45.0 Å². The van der Waals surface area contributed by atoms with E-state index in [0.29, 0.717) is 11.5 Å². The maximum absolute atomic E-state index is 9.79. The molecule has 1 N–H and O–H groups in total. The molecule has 0 amide bonds. The zero-order valence-electron chi connectivity index (χ0n) is 16.8. The molecule has 4 nitrogen and oxygen atoms in total. The predicted octanol–water partition coefficient (Wildman–Crippen LogP) is 6.08. The summed E-state index contributed by atoms with van der Waals surface area (Å²) in [6.07, 6.45) is 0. The van der Waals surface area contributed by atoms with Crippen LogP contribution >= 0.6 is 0 Å². The van der Waals surface area contributed by atoms with Crippen LogP contribution in [0, 0.1) is 32.1 Å². The van der Waals surface area contributed by atoms with Crippen LogP contribution in [0.15, 0.2) is 72.8 Å². The molecule has 1 aromatic heterocycles. The Morgan fingerprint density at radius 2 is 1.28 bits per heavy atom. The molecule has 0 aliphatic rings. The van der Waals surface area contributed by atoms with Crippen LogP contribution in [0.4, 0.5) is 11.5 Å². The lowest BCUT2D eigenvalue weighted by Crippen LogP contribution is -2.04. The number of nitrogens with zero attached hydrogens (tertiary/aromatic N) is 3. The molecule has 4 aromatic rings. The van der Waals surface area contributed by atoms with Crippen molar-refractivity contribution < 1.29 is 0 Å². The number of imidazole rings is 1. The van der Waals surface area contributed by atoms with Crippen molar-refractivity contribution in [1.29, 1.82) is 5.26 Å². The summed E-state index contributed by atoms with van der Waals surface area (Å²) in [5.74, 6) is 1.40. The summed E-state index contributed by atoms with van der Waals surface area (Å²) in [5, 5.41) is 13.2. The van der Waals surface area contributed by atoms with E-state index in [0.717, 1.165) is 22.8 Å². The third-order valence-corrected chi connectivity index (χ3v) is 4.90. The molecule has 142 valence electrons. The Labute approximate surface area is 171 Å². The molecule has 0 atom stereocenters. The van der Waals surface area contributed by atoms with E-state index >= 15 is 0 Å². The van der Waals surface area contributed by atoms with Crippen molar-refractivity contribution in [2.75, 3.05) is 5.32 Å². The van der Waals surface area contributed by atoms with Gasteiger partial charge in [-0.25, -0.2) is 4.98 Å². The van der Waals surface area contributed by atoms with Gasteiger partial charge in [-0.15, -0.1) is 0 Å². The predicted molar refractivity (Wildman–Crippen MR) is 118 cm³/mol. The molecule has 1 heterocycles. The summed E-state index contributed by atoms with van der Waals surface area (Å²) in [5.41, 5.74) is 6.74. The highest BCUT2D eigenvalue weighted by Gasteiger charge is 2.20. The maximum atomic E-state index is 9.79. The van der Waals surface area contributed by atoms with E-state index in [4.69, 9.17) is 0 Å². The molecule has 0 aliphatic carbocycles. The summed E-state index contributed by atoms with van der Waals surface area (Å²) < 4.78 is 2.02. The van der Waals surface area contributed by atoms with Gasteiger partial charge in [0.1, 0.15) is 11.9 Å². The quantitative estimate of drug-likeness (QED) is 0.468. The Bertz CT molecular complexity index is 1180. The fraction of sp³-hybridized carbons (Fsp3) is 0.120. The molecule has 0 fully saturated rings. The van der Waals surface area contributed by atoms with Gasteiger partial charge in [0.15, 0.2) is 11.5 Å². The minimum atomic E-state index is 0.363. The Morgan fingerprint density at radius 3 is 1.83 bits per heavy atom. The molecule has 4 rings (SSSR count). The van der Waals surface area contributed by atoms with E-state index in [9.17, 15) is 5.26 Å². The number of nitriles is 1. The molecular formula is C25H22N4. The highest BCUT2D eigenvalue weighted by atomic mass is 15.2. The first kappa shape index (κ1) is 18.5. The SMILES string of the molecule is Cc1ccc(Nc2c(C#N)nc(-c3ccc(C)cc3)n2-c2ccc(C)cc2)cc1. The van der Waals surface area contributed by atoms with Crippen molar-refractivity contribution in [3.05, 3.63) is 95.2 Å². The number of nitrogens with one attached hydrogen (secondary N) is 1. The Hall–Kier alpha value is -3.84. The number of benzene rings is 3. The summed E-state index contributed by atoms with van der Waals surface area (Å²) in [6.45, 7) is 6.17. The third-order valence-electron chi connectivity index (χ3n) is 4.90. The Morgan fingerprint density at radius 1 is 0.759 bits per heavy atom. The van der Waals surface area contributed by atoms with Crippen molar-refractivity contribution >= 4 is 11.5 Å². The number of anilines is 2. The van der Waals surface area contributed by atoms with Gasteiger partial charge >= 0.3 is 0 Å². The van der Waals surface area contributed by atoms with Gasteiger partial charge < -0.3 is 5.32 Å². The Balaban J connectivity index is 1.92.